The molecule has 4 heteroatoms. The number of carboxylic acid groups (broad SMARTS) is 1. The lowest BCUT2D eigenvalue weighted by Gasteiger charge is -2.25. The first kappa shape index (κ1) is 16.3. The van der Waals surface area contributed by atoms with Gasteiger partial charge in [-0.1, -0.05) is 27.7 Å². The Morgan fingerprint density at radius 3 is 2.25 bits per heavy atom. The van der Waals surface area contributed by atoms with E-state index in [0.717, 1.165) is 17.8 Å². The van der Waals surface area contributed by atoms with Crippen LogP contribution in [0.3, 0.4) is 0 Å². The van der Waals surface area contributed by atoms with Crippen LogP contribution in [0.15, 0.2) is 12.1 Å². The average Bonchev–Trinajstić information content (AvgIpc) is 2.32. The van der Waals surface area contributed by atoms with Crippen LogP contribution in [0.25, 0.3) is 0 Å². The quantitative estimate of drug-likeness (QED) is 0.695. The lowest BCUT2D eigenvalue weighted by Crippen LogP contribution is -2.24. The van der Waals surface area contributed by atoms with Gasteiger partial charge in [-0.15, -0.1) is 0 Å². The maximum absolute atomic E-state index is 11.2. The minimum Gasteiger partial charge on any atom is -0.478 e. The smallest absolute Gasteiger partial charge is 0.337 e. The Hall–Kier alpha value is -1.71. The Balaban J connectivity index is 2.91. The second-order valence-electron chi connectivity index (χ2n) is 6.09. The van der Waals surface area contributed by atoms with Crippen molar-refractivity contribution >= 4 is 17.3 Å². The third-order valence-corrected chi connectivity index (χ3v) is 3.87. The number of benzene rings is 1. The zero-order valence-corrected chi connectivity index (χ0v) is 13.0. The standard InChI is InChI=1S/C16H26N2O2/c1-9(2)14(10(3)4)8-18-12-6-11(5)15(17)13(7-12)16(19)20/h6-7,9-10,14,18H,8,17H2,1-5H3,(H,19,20). The molecular weight excluding hydrogens is 252 g/mol. The Morgan fingerprint density at radius 2 is 1.80 bits per heavy atom. The number of aryl methyl sites for hydroxylation is 1. The van der Waals surface area contributed by atoms with Crippen LogP contribution in [0, 0.1) is 24.7 Å². The summed E-state index contributed by atoms with van der Waals surface area (Å²) in [5, 5.41) is 12.5. The summed E-state index contributed by atoms with van der Waals surface area (Å²) in [5.41, 5.74) is 7.91. The molecule has 0 radical (unpaired) electrons. The number of carboxylic acids is 1. The Kier molecular flexibility index (Phi) is 5.43. The van der Waals surface area contributed by atoms with E-state index < -0.39 is 5.97 Å². The number of nitrogens with one attached hydrogen (secondary N) is 1. The van der Waals surface area contributed by atoms with Crippen LogP contribution < -0.4 is 11.1 Å². The molecule has 0 bridgehead atoms. The first-order valence-corrected chi connectivity index (χ1v) is 7.11. The first-order valence-electron chi connectivity index (χ1n) is 7.11. The highest BCUT2D eigenvalue weighted by Crippen LogP contribution is 2.25. The molecule has 0 aliphatic rings. The number of carbonyl (C=O) groups is 1. The van der Waals surface area contributed by atoms with Crippen molar-refractivity contribution in [1.82, 2.24) is 0 Å². The summed E-state index contributed by atoms with van der Waals surface area (Å²) in [6, 6.07) is 3.52. The van der Waals surface area contributed by atoms with E-state index in [1.54, 1.807) is 6.07 Å². The highest BCUT2D eigenvalue weighted by Gasteiger charge is 2.18. The van der Waals surface area contributed by atoms with Gasteiger partial charge in [0, 0.05) is 17.9 Å². The first-order chi connectivity index (χ1) is 9.23. The van der Waals surface area contributed by atoms with Crippen molar-refractivity contribution in [2.24, 2.45) is 17.8 Å². The Morgan fingerprint density at radius 1 is 1.25 bits per heavy atom. The van der Waals surface area contributed by atoms with Crippen molar-refractivity contribution in [1.29, 1.82) is 0 Å². The monoisotopic (exact) mass is 278 g/mol. The number of nitrogen functional groups attached to an aromatic ring is 1. The average molecular weight is 278 g/mol. The molecule has 1 aromatic rings. The molecule has 0 spiro atoms. The van der Waals surface area contributed by atoms with Crippen LogP contribution in [0.4, 0.5) is 11.4 Å². The molecule has 4 N–H and O–H groups in total. The number of hydrogen-bond acceptors (Lipinski definition) is 3. The van der Waals surface area contributed by atoms with Crippen LogP contribution in [0.2, 0.25) is 0 Å². The second-order valence-corrected chi connectivity index (χ2v) is 6.09. The van der Waals surface area contributed by atoms with E-state index in [2.05, 4.69) is 33.0 Å². The number of anilines is 2. The number of rotatable bonds is 6. The van der Waals surface area contributed by atoms with Gasteiger partial charge < -0.3 is 16.2 Å². The molecule has 1 rings (SSSR count). The maximum Gasteiger partial charge on any atom is 0.337 e. The van der Waals surface area contributed by atoms with Gasteiger partial charge in [0.05, 0.1) is 5.56 Å². The summed E-state index contributed by atoms with van der Waals surface area (Å²) in [6.45, 7) is 11.5. The molecule has 0 fully saturated rings. The molecule has 0 aliphatic heterocycles. The van der Waals surface area contributed by atoms with Gasteiger partial charge in [-0.2, -0.15) is 0 Å². The van der Waals surface area contributed by atoms with Gasteiger partial charge in [-0.05, 0) is 42.4 Å². The summed E-state index contributed by atoms with van der Waals surface area (Å²) in [7, 11) is 0. The Bertz CT molecular complexity index is 474. The molecule has 0 amide bonds. The van der Waals surface area contributed by atoms with E-state index in [1.807, 2.05) is 13.0 Å². The van der Waals surface area contributed by atoms with E-state index in [1.165, 1.54) is 0 Å². The van der Waals surface area contributed by atoms with Gasteiger partial charge in [0.25, 0.3) is 0 Å². The molecule has 0 saturated heterocycles. The van der Waals surface area contributed by atoms with Crippen LogP contribution in [-0.4, -0.2) is 17.6 Å². The molecule has 0 saturated carbocycles. The molecule has 1 aromatic carbocycles. The third kappa shape index (κ3) is 3.89. The van der Waals surface area contributed by atoms with E-state index in [-0.39, 0.29) is 5.56 Å². The zero-order chi connectivity index (χ0) is 15.4. The van der Waals surface area contributed by atoms with Gasteiger partial charge >= 0.3 is 5.97 Å². The van der Waals surface area contributed by atoms with Gasteiger partial charge in [0.2, 0.25) is 0 Å². The SMILES string of the molecule is Cc1cc(NCC(C(C)C)C(C)C)cc(C(=O)O)c1N. The highest BCUT2D eigenvalue weighted by molar-refractivity contribution is 5.95. The molecule has 20 heavy (non-hydrogen) atoms. The number of nitrogens with two attached hydrogens (primary N) is 1. The van der Waals surface area contributed by atoms with Crippen molar-refractivity contribution < 1.29 is 9.90 Å². The summed E-state index contributed by atoms with van der Waals surface area (Å²) < 4.78 is 0. The lowest BCUT2D eigenvalue weighted by atomic mass is 9.85. The summed E-state index contributed by atoms with van der Waals surface area (Å²) >= 11 is 0. The molecule has 0 aromatic heterocycles. The lowest BCUT2D eigenvalue weighted by molar-refractivity contribution is 0.0698. The van der Waals surface area contributed by atoms with Crippen LogP contribution in [0.1, 0.15) is 43.6 Å². The normalized spacial score (nSPS) is 11.4. The van der Waals surface area contributed by atoms with Gasteiger partial charge in [0.15, 0.2) is 0 Å². The van der Waals surface area contributed by atoms with E-state index in [9.17, 15) is 4.79 Å². The third-order valence-electron chi connectivity index (χ3n) is 3.87. The molecule has 112 valence electrons. The molecular formula is C16H26N2O2. The highest BCUT2D eigenvalue weighted by atomic mass is 16.4. The van der Waals surface area contributed by atoms with E-state index in [4.69, 9.17) is 10.8 Å². The van der Waals surface area contributed by atoms with Crippen LogP contribution >= 0.6 is 0 Å². The zero-order valence-electron chi connectivity index (χ0n) is 13.0. The van der Waals surface area contributed by atoms with Gasteiger partial charge in [-0.25, -0.2) is 4.79 Å². The molecule has 0 unspecified atom stereocenters. The van der Waals surface area contributed by atoms with Crippen molar-refractivity contribution in [3.63, 3.8) is 0 Å². The van der Waals surface area contributed by atoms with E-state index >= 15 is 0 Å². The summed E-state index contributed by atoms with van der Waals surface area (Å²) in [4.78, 5) is 11.2. The maximum atomic E-state index is 11.2. The Labute approximate surface area is 121 Å². The second kappa shape index (κ2) is 6.64. The fourth-order valence-corrected chi connectivity index (χ4v) is 2.55. The largest absolute Gasteiger partial charge is 0.478 e. The molecule has 0 heterocycles. The minimum atomic E-state index is -0.987. The summed E-state index contributed by atoms with van der Waals surface area (Å²) in [5.74, 6) is 0.715. The fraction of sp³-hybridized carbons (Fsp3) is 0.562. The molecule has 4 nitrogen and oxygen atoms in total. The van der Waals surface area contributed by atoms with Crippen molar-refractivity contribution in [2.45, 2.75) is 34.6 Å². The van der Waals surface area contributed by atoms with Crippen molar-refractivity contribution in [2.75, 3.05) is 17.6 Å². The number of hydrogen-bond donors (Lipinski definition) is 3. The molecule has 0 aliphatic carbocycles. The van der Waals surface area contributed by atoms with E-state index in [0.29, 0.717) is 23.4 Å². The van der Waals surface area contributed by atoms with Crippen LogP contribution in [0.5, 0.6) is 0 Å². The van der Waals surface area contributed by atoms with Gasteiger partial charge in [0.1, 0.15) is 0 Å². The van der Waals surface area contributed by atoms with Crippen LogP contribution in [-0.2, 0) is 0 Å². The number of aromatic carboxylic acids is 1. The summed E-state index contributed by atoms with van der Waals surface area (Å²) in [6.07, 6.45) is 0. The topological polar surface area (TPSA) is 75.3 Å². The fourth-order valence-electron chi connectivity index (χ4n) is 2.55. The van der Waals surface area contributed by atoms with Gasteiger partial charge in [-0.3, -0.25) is 0 Å². The minimum absolute atomic E-state index is 0.165. The predicted molar refractivity (Wildman–Crippen MR) is 84.2 cm³/mol. The van der Waals surface area contributed by atoms with Crippen molar-refractivity contribution in [3.8, 4) is 0 Å². The van der Waals surface area contributed by atoms with Crippen molar-refractivity contribution in [3.05, 3.63) is 23.3 Å². The predicted octanol–water partition coefficient (Wildman–Crippen LogP) is 3.62. The molecule has 0 atom stereocenters.